The molecule has 0 unspecified atom stereocenters. The van der Waals surface area contributed by atoms with Crippen molar-refractivity contribution in [3.05, 3.63) is 72.4 Å². The molecule has 2 heterocycles. The number of aromatic nitrogens is 1. The molecule has 1 aliphatic carbocycles. The predicted molar refractivity (Wildman–Crippen MR) is 185 cm³/mol. The number of benzene rings is 3. The number of carbonyl (C=O) groups is 3. The van der Waals surface area contributed by atoms with Gasteiger partial charge in [0.25, 0.3) is 0 Å². The van der Waals surface area contributed by atoms with Crippen LogP contribution >= 0.6 is 0 Å². The van der Waals surface area contributed by atoms with Gasteiger partial charge in [0.1, 0.15) is 16.9 Å². The van der Waals surface area contributed by atoms with E-state index in [0.717, 1.165) is 6.07 Å². The number of pyridine rings is 1. The Hall–Kier alpha value is -5.53. The first-order chi connectivity index (χ1) is 24.4. The Labute approximate surface area is 292 Å². The van der Waals surface area contributed by atoms with Gasteiger partial charge in [-0.2, -0.15) is 13.2 Å². The number of fused-ring (bicyclic) bond motifs is 1. The maximum absolute atomic E-state index is 14.2. The van der Waals surface area contributed by atoms with E-state index in [1.165, 1.54) is 26.4 Å². The molecule has 268 valence electrons. The van der Waals surface area contributed by atoms with Gasteiger partial charge in [-0.3, -0.25) is 19.4 Å². The highest BCUT2D eigenvalue weighted by Crippen LogP contribution is 2.48. The van der Waals surface area contributed by atoms with Crippen LogP contribution in [0.3, 0.4) is 0 Å². The van der Waals surface area contributed by atoms with Gasteiger partial charge in [0.2, 0.25) is 17.7 Å². The van der Waals surface area contributed by atoms with E-state index in [0.29, 0.717) is 71.9 Å². The zero-order valence-corrected chi connectivity index (χ0v) is 28.4. The van der Waals surface area contributed by atoms with Crippen molar-refractivity contribution in [2.24, 2.45) is 5.41 Å². The molecule has 3 amide bonds. The molecule has 1 saturated carbocycles. The third-order valence-corrected chi connectivity index (χ3v) is 9.25. The molecule has 11 nitrogen and oxygen atoms in total. The summed E-state index contributed by atoms with van der Waals surface area (Å²) >= 11 is 0. The molecule has 0 atom stereocenters. The molecule has 3 N–H and O–H groups in total. The van der Waals surface area contributed by atoms with E-state index in [9.17, 15) is 27.6 Å². The highest BCUT2D eigenvalue weighted by molar-refractivity contribution is 6.17. The number of nitrogens with zero attached hydrogens (tertiary/aromatic N) is 2. The molecule has 3 aromatic carbocycles. The average molecular weight is 706 g/mol. The van der Waals surface area contributed by atoms with Crippen LogP contribution in [0.4, 0.5) is 30.2 Å². The Morgan fingerprint density at radius 3 is 2.10 bits per heavy atom. The van der Waals surface area contributed by atoms with Gasteiger partial charge < -0.3 is 35.1 Å². The van der Waals surface area contributed by atoms with Gasteiger partial charge in [-0.25, -0.2) is 0 Å². The lowest BCUT2D eigenvalue weighted by Crippen LogP contribution is -2.45. The van der Waals surface area contributed by atoms with Gasteiger partial charge in [0.15, 0.2) is 11.5 Å². The van der Waals surface area contributed by atoms with Gasteiger partial charge in [-0.15, -0.1) is 0 Å². The minimum absolute atomic E-state index is 0.00384. The van der Waals surface area contributed by atoms with Crippen LogP contribution in [-0.2, 0) is 20.6 Å². The van der Waals surface area contributed by atoms with Crippen molar-refractivity contribution >= 4 is 45.7 Å². The number of alkyl halides is 3. The fourth-order valence-corrected chi connectivity index (χ4v) is 6.16. The molecule has 0 radical (unpaired) electrons. The summed E-state index contributed by atoms with van der Waals surface area (Å²) in [5.74, 6) is 0.729. The molecule has 4 aromatic rings. The van der Waals surface area contributed by atoms with Crippen LogP contribution in [-0.4, -0.2) is 56.1 Å². The molecule has 14 heteroatoms. The number of halogens is 3. The molecule has 0 spiro atoms. The fourth-order valence-electron chi connectivity index (χ4n) is 6.16. The van der Waals surface area contributed by atoms with E-state index in [1.807, 2.05) is 0 Å². The number of methoxy groups -OCH3 is 2. The fraction of sp³-hybridized carbons (Fsp3) is 0.351. The van der Waals surface area contributed by atoms with Crippen molar-refractivity contribution in [2.45, 2.75) is 51.2 Å². The number of amides is 3. The molecule has 1 aliphatic heterocycles. The van der Waals surface area contributed by atoms with Gasteiger partial charge in [-0.05, 0) is 80.3 Å². The van der Waals surface area contributed by atoms with Crippen molar-refractivity contribution in [3.63, 3.8) is 0 Å². The quantitative estimate of drug-likeness (QED) is 0.144. The zero-order chi connectivity index (χ0) is 36.3. The first-order valence-corrected chi connectivity index (χ1v) is 16.6. The Bertz CT molecular complexity index is 1940. The van der Waals surface area contributed by atoms with Crippen molar-refractivity contribution in [2.75, 3.05) is 42.8 Å². The number of piperidine rings is 1. The lowest BCUT2D eigenvalue weighted by molar-refractivity contribution is -0.137. The van der Waals surface area contributed by atoms with E-state index in [4.69, 9.17) is 14.2 Å². The van der Waals surface area contributed by atoms with E-state index in [1.54, 1.807) is 60.5 Å². The van der Waals surface area contributed by atoms with Crippen LogP contribution < -0.4 is 35.1 Å². The normalized spacial score (nSPS) is 15.5. The molecule has 2 fully saturated rings. The summed E-state index contributed by atoms with van der Waals surface area (Å²) in [5.41, 5.74) is -1.29. The van der Waals surface area contributed by atoms with Crippen LogP contribution in [0.2, 0.25) is 0 Å². The number of carbonyl (C=O) groups excluding carboxylic acids is 3. The minimum atomic E-state index is -4.68. The van der Waals surface area contributed by atoms with Gasteiger partial charge in [0, 0.05) is 60.3 Å². The highest BCUT2D eigenvalue weighted by Gasteiger charge is 2.56. The van der Waals surface area contributed by atoms with Crippen LogP contribution in [0.15, 0.2) is 66.9 Å². The van der Waals surface area contributed by atoms with E-state index in [2.05, 4.69) is 20.9 Å². The summed E-state index contributed by atoms with van der Waals surface area (Å²) in [4.78, 5) is 44.4. The zero-order valence-electron chi connectivity index (χ0n) is 28.4. The molecular formula is C37H38F3N5O6. The average Bonchev–Trinajstić information content (AvgIpc) is 3.95. The smallest absolute Gasteiger partial charge is 0.418 e. The number of hydrogen-bond acceptors (Lipinski definition) is 8. The number of nitrogens with one attached hydrogen (secondary N) is 3. The summed E-state index contributed by atoms with van der Waals surface area (Å²) < 4.78 is 59.6. The van der Waals surface area contributed by atoms with Gasteiger partial charge >= 0.3 is 6.18 Å². The van der Waals surface area contributed by atoms with Crippen molar-refractivity contribution in [1.82, 2.24) is 10.3 Å². The van der Waals surface area contributed by atoms with Crippen molar-refractivity contribution < 1.29 is 41.8 Å². The SMILES string of the molecule is CCC(=O)NC1CCN(c2ccc(NC(=O)C3(C(=O)Nc4ccc(Oc5ccnc6cc(OC)c(OC)cc56)cc4)CC3)cc2C(F)(F)F)CC1. The third kappa shape index (κ3) is 7.64. The predicted octanol–water partition coefficient (Wildman–Crippen LogP) is 6.92. The summed E-state index contributed by atoms with van der Waals surface area (Å²) in [5, 5.41) is 8.91. The number of ether oxygens (including phenoxy) is 3. The molecular weight excluding hydrogens is 667 g/mol. The van der Waals surface area contributed by atoms with Crippen LogP contribution in [0.25, 0.3) is 10.9 Å². The van der Waals surface area contributed by atoms with Crippen LogP contribution in [0, 0.1) is 5.41 Å². The first kappa shape index (κ1) is 35.3. The molecule has 1 aromatic heterocycles. The molecule has 6 rings (SSSR count). The number of rotatable bonds is 11. The Kier molecular flexibility index (Phi) is 9.95. The summed E-state index contributed by atoms with van der Waals surface area (Å²) in [7, 11) is 3.07. The Morgan fingerprint density at radius 1 is 0.863 bits per heavy atom. The van der Waals surface area contributed by atoms with Crippen molar-refractivity contribution in [1.29, 1.82) is 0 Å². The van der Waals surface area contributed by atoms with Gasteiger partial charge in [-0.1, -0.05) is 6.92 Å². The minimum Gasteiger partial charge on any atom is -0.493 e. The highest BCUT2D eigenvalue weighted by atomic mass is 19.4. The van der Waals surface area contributed by atoms with Crippen LogP contribution in [0.5, 0.6) is 23.0 Å². The lowest BCUT2D eigenvalue weighted by Gasteiger charge is -2.35. The monoisotopic (exact) mass is 705 g/mol. The van der Waals surface area contributed by atoms with E-state index in [-0.39, 0.29) is 36.2 Å². The second-order valence-corrected chi connectivity index (χ2v) is 12.6. The lowest BCUT2D eigenvalue weighted by atomic mass is 10.0. The summed E-state index contributed by atoms with van der Waals surface area (Å²) in [6.45, 7) is 2.42. The third-order valence-electron chi connectivity index (χ3n) is 9.25. The van der Waals surface area contributed by atoms with Crippen molar-refractivity contribution in [3.8, 4) is 23.0 Å². The van der Waals surface area contributed by atoms with E-state index >= 15 is 0 Å². The maximum atomic E-state index is 14.2. The Morgan fingerprint density at radius 2 is 1.49 bits per heavy atom. The maximum Gasteiger partial charge on any atom is 0.418 e. The van der Waals surface area contributed by atoms with Gasteiger partial charge in [0.05, 0.1) is 25.3 Å². The number of anilines is 3. The topological polar surface area (TPSA) is 131 Å². The summed E-state index contributed by atoms with van der Waals surface area (Å²) in [6, 6.07) is 15.4. The van der Waals surface area contributed by atoms with E-state index < -0.39 is 29.0 Å². The standard InChI is InChI=1S/C37H38F3N5O6/c1-4-33(46)42-23-12-17-45(18-13-23)29-10-7-24(19-27(29)37(38,39)40)44-35(48)36(14-15-36)34(47)43-22-5-8-25(9-6-22)51-30-11-16-41-28-21-32(50-3)31(49-2)20-26(28)30/h5-11,16,19-21,23H,4,12-15,17-18H2,1-3H3,(H,42,46)(H,43,47)(H,44,48). The molecule has 1 saturated heterocycles. The molecule has 0 bridgehead atoms. The Balaban J connectivity index is 1.10. The molecule has 51 heavy (non-hydrogen) atoms. The second kappa shape index (κ2) is 14.4. The van der Waals surface area contributed by atoms with Crippen LogP contribution in [0.1, 0.15) is 44.6 Å². The number of hydrogen-bond donors (Lipinski definition) is 3. The summed E-state index contributed by atoms with van der Waals surface area (Å²) in [6.07, 6.45) is -1.19. The molecule has 2 aliphatic rings. The second-order valence-electron chi connectivity index (χ2n) is 12.6. The largest absolute Gasteiger partial charge is 0.493 e. The first-order valence-electron chi connectivity index (χ1n) is 16.6.